The molecule has 0 bridgehead atoms. The fourth-order valence-electron chi connectivity index (χ4n) is 1.68. The van der Waals surface area contributed by atoms with E-state index < -0.39 is 0 Å². The van der Waals surface area contributed by atoms with Crippen molar-refractivity contribution in [2.75, 3.05) is 0 Å². The van der Waals surface area contributed by atoms with Gasteiger partial charge in [-0.25, -0.2) is 0 Å². The molecule has 0 saturated heterocycles. The van der Waals surface area contributed by atoms with Crippen molar-refractivity contribution in [2.24, 2.45) is 10.4 Å². The average Bonchev–Trinajstić information content (AvgIpc) is 2.16. The Balaban J connectivity index is 2.48. The summed E-state index contributed by atoms with van der Waals surface area (Å²) in [5.41, 5.74) is 3.45. The lowest BCUT2D eigenvalue weighted by Crippen LogP contribution is -2.23. The summed E-state index contributed by atoms with van der Waals surface area (Å²) in [6, 6.07) is 3.97. The Morgan fingerprint density at radius 2 is 2.13 bits per heavy atom. The molecule has 1 aromatic rings. The number of hydrogen-bond acceptors (Lipinski definition) is 2. The third kappa shape index (κ3) is 2.12. The highest BCUT2D eigenvalue weighted by molar-refractivity contribution is 9.09. The van der Waals surface area contributed by atoms with E-state index in [1.807, 2.05) is 18.3 Å². The molecular weight excluding hydrogens is 252 g/mol. The Bertz CT molecular complexity index is 404. The zero-order valence-electron chi connectivity index (χ0n) is 9.29. The van der Waals surface area contributed by atoms with Crippen LogP contribution in [-0.2, 0) is 0 Å². The van der Waals surface area contributed by atoms with Gasteiger partial charge in [0.1, 0.15) is 0 Å². The molecule has 0 amide bonds. The Morgan fingerprint density at radius 3 is 2.80 bits per heavy atom. The standard InChI is InChI=1S/C12H15BrN2/c1-12(2,3)10-7-8(13)11-9(15-10)5-4-6-14-11/h4-6,8H,7H2,1-3H3. The molecule has 2 rings (SSSR count). The summed E-state index contributed by atoms with van der Waals surface area (Å²) in [6.45, 7) is 6.60. The van der Waals surface area contributed by atoms with Gasteiger partial charge < -0.3 is 0 Å². The molecule has 15 heavy (non-hydrogen) atoms. The van der Waals surface area contributed by atoms with Crippen LogP contribution in [0.3, 0.4) is 0 Å². The number of nitrogens with zero attached hydrogens (tertiary/aromatic N) is 2. The molecule has 80 valence electrons. The number of halogens is 1. The number of hydrogen-bond donors (Lipinski definition) is 0. The second-order valence-electron chi connectivity index (χ2n) is 4.89. The fourth-order valence-corrected chi connectivity index (χ4v) is 2.34. The van der Waals surface area contributed by atoms with E-state index >= 15 is 0 Å². The Morgan fingerprint density at radius 1 is 1.40 bits per heavy atom. The second-order valence-corrected chi connectivity index (χ2v) is 5.99. The Kier molecular flexibility index (Phi) is 2.67. The first-order valence-corrected chi connectivity index (χ1v) is 6.07. The van der Waals surface area contributed by atoms with Gasteiger partial charge in [0, 0.05) is 23.7 Å². The van der Waals surface area contributed by atoms with Crippen LogP contribution in [0.25, 0.3) is 0 Å². The predicted molar refractivity (Wildman–Crippen MR) is 67.1 cm³/mol. The van der Waals surface area contributed by atoms with Crippen molar-refractivity contribution >= 4 is 27.3 Å². The molecule has 0 aromatic carbocycles. The minimum absolute atomic E-state index is 0.138. The highest BCUT2D eigenvalue weighted by Gasteiger charge is 2.28. The summed E-state index contributed by atoms with van der Waals surface area (Å²) in [6.07, 6.45) is 2.78. The van der Waals surface area contributed by atoms with Crippen molar-refractivity contribution in [1.29, 1.82) is 0 Å². The summed E-state index contributed by atoms with van der Waals surface area (Å²) >= 11 is 3.68. The van der Waals surface area contributed by atoms with E-state index in [-0.39, 0.29) is 5.41 Å². The van der Waals surface area contributed by atoms with Crippen molar-refractivity contribution in [3.8, 4) is 0 Å². The lowest BCUT2D eigenvalue weighted by Gasteiger charge is -2.27. The van der Waals surface area contributed by atoms with Crippen LogP contribution in [0.1, 0.15) is 37.7 Å². The topological polar surface area (TPSA) is 25.2 Å². The highest BCUT2D eigenvalue weighted by atomic mass is 79.9. The van der Waals surface area contributed by atoms with Gasteiger partial charge in [0.15, 0.2) is 0 Å². The lowest BCUT2D eigenvalue weighted by atomic mass is 9.85. The van der Waals surface area contributed by atoms with Gasteiger partial charge >= 0.3 is 0 Å². The molecule has 3 heteroatoms. The number of fused-ring (bicyclic) bond motifs is 1. The summed E-state index contributed by atoms with van der Waals surface area (Å²) in [5, 5.41) is 0. The molecule has 0 N–H and O–H groups in total. The van der Waals surface area contributed by atoms with Crippen LogP contribution < -0.4 is 0 Å². The first kappa shape index (κ1) is 10.8. The van der Waals surface area contributed by atoms with Crippen molar-refractivity contribution in [3.63, 3.8) is 0 Å². The van der Waals surface area contributed by atoms with Crippen LogP contribution in [-0.4, -0.2) is 10.7 Å². The van der Waals surface area contributed by atoms with Gasteiger partial charge in [0.25, 0.3) is 0 Å². The predicted octanol–water partition coefficient (Wildman–Crippen LogP) is 4.04. The van der Waals surface area contributed by atoms with Crippen LogP contribution in [0.4, 0.5) is 5.69 Å². The number of rotatable bonds is 0. The fraction of sp³-hybridized carbons (Fsp3) is 0.500. The zero-order valence-corrected chi connectivity index (χ0v) is 10.9. The molecule has 0 radical (unpaired) electrons. The molecule has 0 aliphatic carbocycles. The first-order chi connectivity index (χ1) is 6.98. The monoisotopic (exact) mass is 266 g/mol. The number of alkyl halides is 1. The van der Waals surface area contributed by atoms with Gasteiger partial charge in [-0.15, -0.1) is 0 Å². The van der Waals surface area contributed by atoms with Crippen LogP contribution in [0, 0.1) is 5.41 Å². The molecule has 1 atom stereocenters. The minimum atomic E-state index is 0.138. The van der Waals surface area contributed by atoms with Gasteiger partial charge in [-0.3, -0.25) is 9.98 Å². The quantitative estimate of drug-likeness (QED) is 0.651. The number of aliphatic imine (C=N–C) groups is 1. The number of pyridine rings is 1. The van der Waals surface area contributed by atoms with Crippen LogP contribution in [0.15, 0.2) is 23.3 Å². The number of aromatic nitrogens is 1. The molecule has 1 aromatic heterocycles. The van der Waals surface area contributed by atoms with E-state index in [0.717, 1.165) is 17.8 Å². The van der Waals surface area contributed by atoms with E-state index in [1.165, 1.54) is 5.71 Å². The highest BCUT2D eigenvalue weighted by Crippen LogP contribution is 2.40. The molecule has 0 saturated carbocycles. The smallest absolute Gasteiger partial charge is 0.0856 e. The van der Waals surface area contributed by atoms with Gasteiger partial charge in [0.2, 0.25) is 0 Å². The van der Waals surface area contributed by atoms with Crippen molar-refractivity contribution in [3.05, 3.63) is 24.0 Å². The largest absolute Gasteiger partial charge is 0.258 e. The van der Waals surface area contributed by atoms with E-state index in [2.05, 4.69) is 41.7 Å². The maximum absolute atomic E-state index is 4.69. The van der Waals surface area contributed by atoms with Gasteiger partial charge in [-0.05, 0) is 12.1 Å². The average molecular weight is 267 g/mol. The minimum Gasteiger partial charge on any atom is -0.258 e. The van der Waals surface area contributed by atoms with E-state index in [9.17, 15) is 0 Å². The molecule has 2 nitrogen and oxygen atoms in total. The Labute approximate surface area is 99.0 Å². The Hall–Kier alpha value is -0.700. The normalized spacial score (nSPS) is 20.8. The zero-order chi connectivity index (χ0) is 11.1. The molecular formula is C12H15BrN2. The molecule has 1 aliphatic heterocycles. The maximum Gasteiger partial charge on any atom is 0.0856 e. The SMILES string of the molecule is CC(C)(C)C1=Nc2cccnc2C(Br)C1. The van der Waals surface area contributed by atoms with Crippen molar-refractivity contribution < 1.29 is 0 Å². The molecule has 1 aliphatic rings. The third-order valence-electron chi connectivity index (χ3n) is 2.61. The molecule has 0 spiro atoms. The summed E-state index contributed by atoms with van der Waals surface area (Å²) in [4.78, 5) is 9.36. The molecule has 0 fully saturated rings. The molecule has 1 unspecified atom stereocenters. The third-order valence-corrected chi connectivity index (χ3v) is 3.36. The summed E-state index contributed by atoms with van der Waals surface area (Å²) in [7, 11) is 0. The van der Waals surface area contributed by atoms with Crippen molar-refractivity contribution in [2.45, 2.75) is 32.0 Å². The van der Waals surface area contributed by atoms with Crippen molar-refractivity contribution in [1.82, 2.24) is 4.98 Å². The van der Waals surface area contributed by atoms with Crippen LogP contribution in [0.2, 0.25) is 0 Å². The van der Waals surface area contributed by atoms with E-state index in [0.29, 0.717) is 4.83 Å². The maximum atomic E-state index is 4.69. The first-order valence-electron chi connectivity index (χ1n) is 5.15. The second kappa shape index (κ2) is 3.71. The van der Waals surface area contributed by atoms with Gasteiger partial charge in [0.05, 0.1) is 16.2 Å². The van der Waals surface area contributed by atoms with Gasteiger partial charge in [-0.2, -0.15) is 0 Å². The summed E-state index contributed by atoms with van der Waals surface area (Å²) in [5.74, 6) is 0. The van der Waals surface area contributed by atoms with E-state index in [1.54, 1.807) is 0 Å². The van der Waals surface area contributed by atoms with Crippen LogP contribution in [0.5, 0.6) is 0 Å². The summed E-state index contributed by atoms with van der Waals surface area (Å²) < 4.78 is 0. The van der Waals surface area contributed by atoms with Gasteiger partial charge in [-0.1, -0.05) is 36.7 Å². The van der Waals surface area contributed by atoms with Crippen LogP contribution >= 0.6 is 15.9 Å². The lowest BCUT2D eigenvalue weighted by molar-refractivity contribution is 0.572. The molecule has 2 heterocycles. The van der Waals surface area contributed by atoms with E-state index in [4.69, 9.17) is 4.99 Å².